The second kappa shape index (κ2) is 17.2. The molecule has 0 amide bonds. The molecule has 4 heterocycles. The number of phenolic OH excluding ortho intramolecular Hbond substituents is 2. The highest BCUT2D eigenvalue weighted by Crippen LogP contribution is 2.55. The van der Waals surface area contributed by atoms with Crippen LogP contribution in [0.25, 0.3) is 5.76 Å². The molecular weight excluding hydrogens is 805 g/mol. The zero-order chi connectivity index (χ0) is 43.8. The number of carboxylic acid groups (broad SMARTS) is 1. The first-order chi connectivity index (χ1) is 29.8. The Kier molecular flexibility index (Phi) is 11.8. The molecule has 1 unspecified atom stereocenters. The van der Waals surface area contributed by atoms with E-state index in [1.54, 1.807) is 48.6 Å². The fourth-order valence-corrected chi connectivity index (χ4v) is 9.00. The third-order valence-corrected chi connectivity index (χ3v) is 12.1. The number of rotatable bonds is 14. The highest BCUT2D eigenvalue weighted by Gasteiger charge is 2.69. The van der Waals surface area contributed by atoms with Crippen LogP contribution in [0.5, 0.6) is 34.5 Å². The SMILES string of the molecule is CCc1cc(O)cc(COc2c(O[C@@H]3O[C@H](C(=O)O)[C@](O)(C4(C5=NC=NC5)CCCCC4)[C@@H](O)[C@H]3O)cc3c(c2O)C(O)=CC(c2ccc(OCCC4=NC(=N)C=C4)cc2)O3)c1. The number of hydrogen-bond acceptors (Lipinski definition) is 15. The normalized spacial score (nSPS) is 26.2. The van der Waals surface area contributed by atoms with Gasteiger partial charge < -0.3 is 59.4 Å². The molecule has 0 spiro atoms. The Morgan fingerprint density at radius 2 is 1.74 bits per heavy atom. The third kappa shape index (κ3) is 7.88. The van der Waals surface area contributed by atoms with Crippen LogP contribution in [0.1, 0.15) is 73.8 Å². The lowest BCUT2D eigenvalue weighted by Gasteiger charge is -2.57. The van der Waals surface area contributed by atoms with E-state index in [1.165, 1.54) is 24.5 Å². The number of ether oxygens (including phenoxy) is 5. The summed E-state index contributed by atoms with van der Waals surface area (Å²) in [7, 11) is 0. The molecule has 4 aliphatic heterocycles. The number of phenols is 2. The molecule has 17 heteroatoms. The summed E-state index contributed by atoms with van der Waals surface area (Å²) in [6, 6.07) is 13.0. The van der Waals surface area contributed by atoms with Crippen molar-refractivity contribution in [3.8, 4) is 34.5 Å². The smallest absolute Gasteiger partial charge is 0.336 e. The van der Waals surface area contributed by atoms with E-state index in [1.807, 2.05) is 6.92 Å². The molecule has 8 N–H and O–H groups in total. The summed E-state index contributed by atoms with van der Waals surface area (Å²) in [5.41, 5.74) is -1.11. The van der Waals surface area contributed by atoms with Gasteiger partial charge in [-0.2, -0.15) is 0 Å². The van der Waals surface area contributed by atoms with Gasteiger partial charge in [0.25, 0.3) is 0 Å². The summed E-state index contributed by atoms with van der Waals surface area (Å²) in [6.45, 7) is 2.08. The number of amidine groups is 1. The van der Waals surface area contributed by atoms with Gasteiger partial charge in [-0.1, -0.05) is 44.4 Å². The summed E-state index contributed by atoms with van der Waals surface area (Å²) in [4.78, 5) is 25.7. The van der Waals surface area contributed by atoms with Crippen molar-refractivity contribution >= 4 is 35.3 Å². The molecule has 6 atom stereocenters. The van der Waals surface area contributed by atoms with Crippen LogP contribution >= 0.6 is 0 Å². The van der Waals surface area contributed by atoms with Crippen LogP contribution in [0.2, 0.25) is 0 Å². The Bertz CT molecular complexity index is 2390. The summed E-state index contributed by atoms with van der Waals surface area (Å²) < 4.78 is 30.3. The largest absolute Gasteiger partial charge is 0.508 e. The zero-order valence-electron chi connectivity index (χ0n) is 33.8. The molecule has 5 aliphatic rings. The first-order valence-electron chi connectivity index (χ1n) is 20.5. The van der Waals surface area contributed by atoms with E-state index in [4.69, 9.17) is 29.1 Å². The Labute approximate surface area is 356 Å². The number of carbonyl (C=O) groups is 1. The summed E-state index contributed by atoms with van der Waals surface area (Å²) in [5.74, 6) is -2.70. The number of nitrogens with zero attached hydrogens (tertiary/aromatic N) is 3. The van der Waals surface area contributed by atoms with Crippen LogP contribution in [-0.4, -0.2) is 109 Å². The van der Waals surface area contributed by atoms with Gasteiger partial charge in [0.05, 0.1) is 18.9 Å². The number of aliphatic carboxylic acids is 1. The average molecular weight is 853 g/mol. The number of aliphatic hydroxyl groups is 4. The number of hydrogen-bond donors (Lipinski definition) is 8. The van der Waals surface area contributed by atoms with Gasteiger partial charge in [-0.25, -0.2) is 14.8 Å². The van der Waals surface area contributed by atoms with Crippen molar-refractivity contribution in [1.29, 1.82) is 5.41 Å². The molecule has 0 aromatic heterocycles. The minimum absolute atomic E-state index is 0.0157. The van der Waals surface area contributed by atoms with Gasteiger partial charge in [0.1, 0.15) is 71.3 Å². The highest BCUT2D eigenvalue weighted by atomic mass is 16.7. The van der Waals surface area contributed by atoms with Gasteiger partial charge in [0.2, 0.25) is 12.0 Å². The first kappa shape index (κ1) is 42.4. The highest BCUT2D eigenvalue weighted by molar-refractivity contribution is 6.14. The quantitative estimate of drug-likeness (QED) is 0.105. The van der Waals surface area contributed by atoms with E-state index in [0.29, 0.717) is 54.9 Å². The third-order valence-electron chi connectivity index (χ3n) is 12.1. The van der Waals surface area contributed by atoms with E-state index >= 15 is 0 Å². The van der Waals surface area contributed by atoms with Gasteiger partial charge >= 0.3 is 5.97 Å². The number of benzene rings is 3. The fraction of sp³-hybridized carbons (Fsp3) is 0.400. The maximum Gasteiger partial charge on any atom is 0.336 e. The van der Waals surface area contributed by atoms with Crippen LogP contribution in [0, 0.1) is 10.8 Å². The number of fused-ring (bicyclic) bond motifs is 1. The maximum atomic E-state index is 13.1. The van der Waals surface area contributed by atoms with Gasteiger partial charge in [0, 0.05) is 29.7 Å². The molecule has 1 aliphatic carbocycles. The molecule has 2 fully saturated rings. The summed E-state index contributed by atoms with van der Waals surface area (Å²) in [6.07, 6.45) is 0.513. The van der Waals surface area contributed by atoms with Crippen LogP contribution in [-0.2, 0) is 22.6 Å². The van der Waals surface area contributed by atoms with E-state index in [0.717, 1.165) is 17.7 Å². The number of allylic oxidation sites excluding steroid dienone is 1. The predicted octanol–water partition coefficient (Wildman–Crippen LogP) is 5.10. The molecule has 326 valence electrons. The van der Waals surface area contributed by atoms with E-state index in [2.05, 4.69) is 15.0 Å². The second-order valence-electron chi connectivity index (χ2n) is 15.9. The summed E-state index contributed by atoms with van der Waals surface area (Å²) >= 11 is 0. The Hall–Kier alpha value is -6.27. The lowest BCUT2D eigenvalue weighted by Crippen LogP contribution is -2.76. The molecule has 62 heavy (non-hydrogen) atoms. The topological polar surface area (TPSA) is 266 Å². The van der Waals surface area contributed by atoms with Gasteiger partial charge in [0.15, 0.2) is 17.6 Å². The molecule has 17 nitrogen and oxygen atoms in total. The minimum atomic E-state index is -2.57. The Morgan fingerprint density at radius 1 is 0.984 bits per heavy atom. The average Bonchev–Trinajstić information content (AvgIpc) is 3.96. The van der Waals surface area contributed by atoms with E-state index in [-0.39, 0.29) is 66.1 Å². The predicted molar refractivity (Wildman–Crippen MR) is 225 cm³/mol. The maximum absolute atomic E-state index is 13.1. The van der Waals surface area contributed by atoms with E-state index < -0.39 is 53.4 Å². The number of aliphatic imine (C=N–C) groups is 3. The van der Waals surface area contributed by atoms with Crippen LogP contribution in [0.4, 0.5) is 0 Å². The standard InChI is InChI=1S/C45H48N4O13/c1-2-24-16-25(18-28(50)17-24)22-59-39-33(61-43-38(53)40(54)45(57,41(62-43)42(55)56)44(13-4-3-5-14-44)34-21-47-23-48-34)20-32-36(37(39)52)30(51)19-31(60-32)26-6-9-29(10-7-26)58-15-12-27-8-11-35(46)49-27/h6-11,16-20,23,31,38,40-41,43,46,50-54,57H,2-5,12-15,21-22H2,1H3,(H,55,56)/t31?,38-,40+,41-,43-,45+/m1/s1. The van der Waals surface area contributed by atoms with Crippen molar-refractivity contribution in [1.82, 2.24) is 0 Å². The van der Waals surface area contributed by atoms with Crippen molar-refractivity contribution in [3.63, 3.8) is 0 Å². The second-order valence-corrected chi connectivity index (χ2v) is 15.9. The Morgan fingerprint density at radius 3 is 2.42 bits per heavy atom. The number of aromatic hydroxyl groups is 2. The summed E-state index contributed by atoms with van der Waals surface area (Å²) in [5, 5.41) is 87.8. The molecular formula is C45H48N4O13. The molecule has 3 aromatic rings. The molecule has 8 rings (SSSR count). The van der Waals surface area contributed by atoms with Crippen molar-refractivity contribution in [3.05, 3.63) is 89.0 Å². The van der Waals surface area contributed by atoms with Gasteiger partial charge in [-0.05, 0) is 72.4 Å². The Balaban J connectivity index is 1.10. The van der Waals surface area contributed by atoms with Crippen molar-refractivity contribution in [2.24, 2.45) is 20.4 Å². The van der Waals surface area contributed by atoms with Crippen LogP contribution in [0.15, 0.2) is 81.7 Å². The molecule has 3 aromatic carbocycles. The fourth-order valence-electron chi connectivity index (χ4n) is 9.00. The number of carboxylic acids is 1. The van der Waals surface area contributed by atoms with Crippen molar-refractivity contribution < 1.29 is 64.2 Å². The molecule has 1 saturated heterocycles. The van der Waals surface area contributed by atoms with Crippen molar-refractivity contribution in [2.75, 3.05) is 13.2 Å². The monoisotopic (exact) mass is 852 g/mol. The molecule has 0 bridgehead atoms. The number of aryl methyl sites for hydroxylation is 1. The number of aliphatic hydroxyl groups excluding tert-OH is 3. The molecule has 1 saturated carbocycles. The first-order valence-corrected chi connectivity index (χ1v) is 20.5. The minimum Gasteiger partial charge on any atom is -0.508 e. The van der Waals surface area contributed by atoms with E-state index in [9.17, 15) is 40.5 Å². The van der Waals surface area contributed by atoms with Crippen molar-refractivity contribution in [2.45, 2.75) is 94.8 Å². The van der Waals surface area contributed by atoms with Crippen LogP contribution < -0.4 is 18.9 Å². The van der Waals surface area contributed by atoms with Crippen LogP contribution in [0.3, 0.4) is 0 Å². The lowest BCUT2D eigenvalue weighted by molar-refractivity contribution is -0.326. The zero-order valence-corrected chi connectivity index (χ0v) is 33.8. The van der Waals surface area contributed by atoms with Gasteiger partial charge in [-0.15, -0.1) is 0 Å². The van der Waals surface area contributed by atoms with Gasteiger partial charge in [-0.3, -0.25) is 10.4 Å². The lowest BCUT2D eigenvalue weighted by atomic mass is 9.55. The molecule has 0 radical (unpaired) electrons. The number of nitrogens with one attached hydrogen (secondary N) is 1.